The van der Waals surface area contributed by atoms with Crippen molar-refractivity contribution in [3.05, 3.63) is 39.2 Å². The van der Waals surface area contributed by atoms with Crippen LogP contribution in [0.1, 0.15) is 67.2 Å². The molecule has 0 saturated heterocycles. The maximum atomic E-state index is 12.3. The van der Waals surface area contributed by atoms with Crippen LogP contribution in [0.25, 0.3) is 0 Å². The Bertz CT molecular complexity index is 800. The molecular weight excluding hydrogens is 318 g/mol. The molecule has 1 fully saturated rings. The summed E-state index contributed by atoms with van der Waals surface area (Å²) in [6.45, 7) is 3.46. The van der Waals surface area contributed by atoms with Crippen molar-refractivity contribution in [1.82, 2.24) is 20.2 Å². The number of aryl methyl sites for hydroxylation is 2. The van der Waals surface area contributed by atoms with Gasteiger partial charge in [0.05, 0.1) is 6.42 Å². The molecule has 0 radical (unpaired) electrons. The van der Waals surface area contributed by atoms with Crippen molar-refractivity contribution in [2.45, 2.75) is 64.7 Å². The summed E-state index contributed by atoms with van der Waals surface area (Å²) in [5.74, 6) is 1.29. The smallest absolute Gasteiger partial charge is 0.254 e. The van der Waals surface area contributed by atoms with Gasteiger partial charge in [-0.25, -0.2) is 4.98 Å². The van der Waals surface area contributed by atoms with Crippen molar-refractivity contribution in [3.8, 4) is 0 Å². The van der Waals surface area contributed by atoms with E-state index in [2.05, 4.69) is 25.5 Å². The number of anilines is 1. The Kier molecular flexibility index (Phi) is 5.31. The van der Waals surface area contributed by atoms with E-state index >= 15 is 0 Å². The van der Waals surface area contributed by atoms with Crippen LogP contribution in [0.15, 0.2) is 10.9 Å². The molecule has 1 saturated carbocycles. The van der Waals surface area contributed by atoms with Crippen molar-refractivity contribution >= 4 is 11.7 Å². The summed E-state index contributed by atoms with van der Waals surface area (Å²) in [5.41, 5.74) is 1.80. The fraction of sp³-hybridized carbons (Fsp3) is 0.556. The Morgan fingerprint density at radius 2 is 1.96 bits per heavy atom. The van der Waals surface area contributed by atoms with E-state index in [4.69, 9.17) is 0 Å². The van der Waals surface area contributed by atoms with Gasteiger partial charge in [-0.3, -0.25) is 14.7 Å². The van der Waals surface area contributed by atoms with E-state index < -0.39 is 0 Å². The highest BCUT2D eigenvalue weighted by Crippen LogP contribution is 2.31. The van der Waals surface area contributed by atoms with Crippen LogP contribution in [-0.2, 0) is 11.2 Å². The first-order valence-corrected chi connectivity index (χ1v) is 8.94. The Labute approximate surface area is 146 Å². The van der Waals surface area contributed by atoms with Crippen molar-refractivity contribution < 1.29 is 4.79 Å². The van der Waals surface area contributed by atoms with E-state index in [1.165, 1.54) is 38.5 Å². The van der Waals surface area contributed by atoms with E-state index in [9.17, 15) is 9.59 Å². The number of hydrogen-bond acceptors (Lipinski definition) is 4. The molecule has 1 aliphatic carbocycles. The zero-order valence-corrected chi connectivity index (χ0v) is 14.8. The highest BCUT2D eigenvalue weighted by Gasteiger charge is 2.18. The first kappa shape index (κ1) is 17.4. The molecule has 0 unspecified atom stereocenters. The second kappa shape index (κ2) is 7.63. The van der Waals surface area contributed by atoms with Gasteiger partial charge >= 0.3 is 0 Å². The minimum atomic E-state index is -0.266. The fourth-order valence-electron chi connectivity index (χ4n) is 3.51. The molecule has 2 heterocycles. The van der Waals surface area contributed by atoms with Gasteiger partial charge in [-0.05, 0) is 26.7 Å². The Morgan fingerprint density at radius 1 is 1.24 bits per heavy atom. The standard InChI is InChI=1S/C18H25N5O2/c1-11-14(18(25)20-12(2)19-11)9-17(24)21-16-10-15(22-23-16)13-7-5-3-4-6-8-13/h10,13H,3-9H2,1-2H3,(H,19,20,25)(H2,21,22,23,24). The second-order valence-corrected chi connectivity index (χ2v) is 6.84. The van der Waals surface area contributed by atoms with Gasteiger partial charge in [0, 0.05) is 28.9 Å². The van der Waals surface area contributed by atoms with E-state index in [1.807, 2.05) is 6.07 Å². The predicted molar refractivity (Wildman–Crippen MR) is 95.7 cm³/mol. The van der Waals surface area contributed by atoms with Crippen molar-refractivity contribution in [3.63, 3.8) is 0 Å². The third kappa shape index (κ3) is 4.35. The summed E-state index contributed by atoms with van der Waals surface area (Å²) in [4.78, 5) is 31.1. The van der Waals surface area contributed by atoms with Crippen LogP contribution >= 0.6 is 0 Å². The quantitative estimate of drug-likeness (QED) is 0.743. The third-order valence-electron chi connectivity index (χ3n) is 4.84. The molecule has 0 atom stereocenters. The summed E-state index contributed by atoms with van der Waals surface area (Å²) < 4.78 is 0. The largest absolute Gasteiger partial charge is 0.311 e. The summed E-state index contributed by atoms with van der Waals surface area (Å²) in [6.07, 6.45) is 7.40. The number of rotatable bonds is 4. The lowest BCUT2D eigenvalue weighted by atomic mass is 9.97. The van der Waals surface area contributed by atoms with Crippen LogP contribution < -0.4 is 10.9 Å². The molecule has 25 heavy (non-hydrogen) atoms. The number of H-pyrrole nitrogens is 2. The predicted octanol–water partition coefficient (Wildman–Crippen LogP) is 2.73. The number of aromatic nitrogens is 4. The van der Waals surface area contributed by atoms with Crippen molar-refractivity contribution in [2.24, 2.45) is 0 Å². The number of aromatic amines is 2. The van der Waals surface area contributed by atoms with Crippen LogP contribution in [0, 0.1) is 13.8 Å². The molecule has 2 aromatic rings. The van der Waals surface area contributed by atoms with Gasteiger partial charge in [0.1, 0.15) is 5.82 Å². The lowest BCUT2D eigenvalue weighted by molar-refractivity contribution is -0.115. The number of hydrogen-bond donors (Lipinski definition) is 3. The number of carbonyl (C=O) groups is 1. The first-order valence-electron chi connectivity index (χ1n) is 8.94. The molecule has 0 aromatic carbocycles. The molecule has 1 aliphatic rings. The van der Waals surface area contributed by atoms with E-state index in [0.717, 1.165) is 5.69 Å². The zero-order chi connectivity index (χ0) is 17.8. The van der Waals surface area contributed by atoms with Crippen LogP contribution in [0.3, 0.4) is 0 Å². The molecule has 134 valence electrons. The zero-order valence-electron chi connectivity index (χ0n) is 14.8. The molecule has 2 aromatic heterocycles. The summed E-state index contributed by atoms with van der Waals surface area (Å²) in [6, 6.07) is 1.92. The molecular formula is C18H25N5O2. The molecule has 3 N–H and O–H groups in total. The van der Waals surface area contributed by atoms with Crippen molar-refractivity contribution in [1.29, 1.82) is 0 Å². The maximum absolute atomic E-state index is 12.3. The molecule has 7 heteroatoms. The Hall–Kier alpha value is -2.44. The van der Waals surface area contributed by atoms with E-state index in [-0.39, 0.29) is 17.9 Å². The van der Waals surface area contributed by atoms with Crippen molar-refractivity contribution in [2.75, 3.05) is 5.32 Å². The SMILES string of the molecule is Cc1nc(C)c(CC(=O)Nc2cc(C3CCCCCC3)[nH]n2)c(=O)[nH]1. The van der Waals surface area contributed by atoms with Crippen LogP contribution in [0.2, 0.25) is 0 Å². The van der Waals surface area contributed by atoms with Gasteiger partial charge in [-0.15, -0.1) is 0 Å². The van der Waals surface area contributed by atoms with E-state index in [1.54, 1.807) is 13.8 Å². The molecule has 0 aliphatic heterocycles. The van der Waals surface area contributed by atoms with Crippen LogP contribution in [0.4, 0.5) is 5.82 Å². The molecule has 1 amide bonds. The normalized spacial score (nSPS) is 15.8. The molecule has 0 bridgehead atoms. The van der Waals surface area contributed by atoms with Gasteiger partial charge in [0.15, 0.2) is 5.82 Å². The molecule has 7 nitrogen and oxygen atoms in total. The van der Waals surface area contributed by atoms with Gasteiger partial charge in [0.2, 0.25) is 5.91 Å². The maximum Gasteiger partial charge on any atom is 0.254 e. The number of amides is 1. The Balaban J connectivity index is 1.65. The monoisotopic (exact) mass is 343 g/mol. The highest BCUT2D eigenvalue weighted by molar-refractivity contribution is 5.91. The average molecular weight is 343 g/mol. The number of nitrogens with zero attached hydrogens (tertiary/aromatic N) is 2. The van der Waals surface area contributed by atoms with Gasteiger partial charge in [-0.2, -0.15) is 5.10 Å². The van der Waals surface area contributed by atoms with Gasteiger partial charge in [0.25, 0.3) is 5.56 Å². The Morgan fingerprint density at radius 3 is 2.64 bits per heavy atom. The summed E-state index contributed by atoms with van der Waals surface area (Å²) >= 11 is 0. The highest BCUT2D eigenvalue weighted by atomic mass is 16.2. The van der Waals surface area contributed by atoms with Gasteiger partial charge in [-0.1, -0.05) is 25.7 Å². The topological polar surface area (TPSA) is 104 Å². The minimum Gasteiger partial charge on any atom is -0.311 e. The van der Waals surface area contributed by atoms with E-state index in [0.29, 0.717) is 28.8 Å². The molecule has 3 rings (SSSR count). The summed E-state index contributed by atoms with van der Waals surface area (Å²) in [5, 5.41) is 10.0. The molecule has 0 spiro atoms. The number of carbonyl (C=O) groups excluding carboxylic acids is 1. The second-order valence-electron chi connectivity index (χ2n) is 6.84. The first-order chi connectivity index (χ1) is 12.0. The van der Waals surface area contributed by atoms with Crippen LogP contribution in [0.5, 0.6) is 0 Å². The summed E-state index contributed by atoms with van der Waals surface area (Å²) in [7, 11) is 0. The fourth-order valence-corrected chi connectivity index (χ4v) is 3.51. The lowest BCUT2D eigenvalue weighted by Gasteiger charge is -2.10. The average Bonchev–Trinajstić information content (AvgIpc) is 2.83. The van der Waals surface area contributed by atoms with Crippen LogP contribution in [-0.4, -0.2) is 26.1 Å². The number of nitrogens with one attached hydrogen (secondary N) is 3. The minimum absolute atomic E-state index is 0.0138. The van der Waals surface area contributed by atoms with Gasteiger partial charge < -0.3 is 10.3 Å². The lowest BCUT2D eigenvalue weighted by Crippen LogP contribution is -2.24. The third-order valence-corrected chi connectivity index (χ3v) is 4.84.